The zero-order valence-electron chi connectivity index (χ0n) is 11.3. The van der Waals surface area contributed by atoms with Crippen LogP contribution in [0.15, 0.2) is 23.1 Å². The van der Waals surface area contributed by atoms with Crippen molar-refractivity contribution in [2.45, 2.75) is 20.4 Å². The van der Waals surface area contributed by atoms with Crippen molar-refractivity contribution in [2.24, 2.45) is 0 Å². The number of nitro groups is 1. The highest BCUT2D eigenvalue weighted by Gasteiger charge is 2.16. The Labute approximate surface area is 123 Å². The van der Waals surface area contributed by atoms with Crippen molar-refractivity contribution in [3.05, 3.63) is 59.7 Å². The first-order chi connectivity index (χ1) is 9.79. The second kappa shape index (κ2) is 5.49. The minimum atomic E-state index is -1.03. The Hall–Kier alpha value is -2.48. The van der Waals surface area contributed by atoms with Gasteiger partial charge in [-0.15, -0.1) is 11.3 Å². The number of aryl methyl sites for hydroxylation is 2. The molecule has 0 atom stereocenters. The number of thiophene rings is 1. The number of carboxylic acids is 1. The number of rotatable bonds is 4. The molecule has 0 amide bonds. The maximum Gasteiger partial charge on any atom is 0.345 e. The Balaban J connectivity index is 2.44. The summed E-state index contributed by atoms with van der Waals surface area (Å²) < 4.78 is 1.21. The summed E-state index contributed by atoms with van der Waals surface area (Å²) in [6, 6.07) is 2.69. The Morgan fingerprint density at radius 2 is 2.10 bits per heavy atom. The minimum Gasteiger partial charge on any atom is -0.477 e. The molecule has 0 fully saturated rings. The molecule has 0 aliphatic heterocycles. The highest BCUT2D eigenvalue weighted by atomic mass is 32.1. The first kappa shape index (κ1) is 14.9. The van der Waals surface area contributed by atoms with Gasteiger partial charge in [0.1, 0.15) is 4.88 Å². The number of aromatic nitrogens is 1. The lowest BCUT2D eigenvalue weighted by Crippen LogP contribution is -2.20. The molecule has 0 aliphatic carbocycles. The average molecular weight is 308 g/mol. The van der Waals surface area contributed by atoms with Crippen molar-refractivity contribution in [3.63, 3.8) is 0 Å². The molecule has 7 nitrogen and oxygen atoms in total. The van der Waals surface area contributed by atoms with E-state index in [1.54, 1.807) is 6.92 Å². The van der Waals surface area contributed by atoms with Crippen LogP contribution in [-0.4, -0.2) is 20.6 Å². The molecule has 21 heavy (non-hydrogen) atoms. The molecular weight excluding hydrogens is 296 g/mol. The van der Waals surface area contributed by atoms with Gasteiger partial charge >= 0.3 is 5.97 Å². The Bertz CT molecular complexity index is 790. The van der Waals surface area contributed by atoms with Crippen molar-refractivity contribution in [3.8, 4) is 0 Å². The van der Waals surface area contributed by atoms with Gasteiger partial charge in [-0.1, -0.05) is 0 Å². The van der Waals surface area contributed by atoms with E-state index in [1.165, 1.54) is 29.8 Å². The lowest BCUT2D eigenvalue weighted by Gasteiger charge is -2.06. The van der Waals surface area contributed by atoms with Crippen molar-refractivity contribution >= 4 is 23.0 Å². The van der Waals surface area contributed by atoms with Crippen LogP contribution in [0.25, 0.3) is 0 Å². The summed E-state index contributed by atoms with van der Waals surface area (Å²) in [7, 11) is 0. The first-order valence-corrected chi connectivity index (χ1v) is 6.79. The van der Waals surface area contributed by atoms with Gasteiger partial charge < -0.3 is 9.67 Å². The fourth-order valence-electron chi connectivity index (χ4n) is 1.94. The molecule has 110 valence electrons. The molecule has 0 bridgehead atoms. The number of pyridine rings is 1. The maximum atomic E-state index is 11.9. The van der Waals surface area contributed by atoms with Crippen molar-refractivity contribution in [2.75, 3.05) is 0 Å². The molecule has 2 heterocycles. The van der Waals surface area contributed by atoms with Crippen LogP contribution in [0.1, 0.15) is 25.7 Å². The van der Waals surface area contributed by atoms with Crippen LogP contribution in [0.2, 0.25) is 0 Å². The van der Waals surface area contributed by atoms with Gasteiger partial charge in [0.15, 0.2) is 0 Å². The summed E-state index contributed by atoms with van der Waals surface area (Å²) in [6.07, 6.45) is 1.19. The van der Waals surface area contributed by atoms with Gasteiger partial charge in [0.2, 0.25) is 0 Å². The van der Waals surface area contributed by atoms with Crippen LogP contribution in [0, 0.1) is 24.0 Å². The summed E-state index contributed by atoms with van der Waals surface area (Å²) in [5, 5.41) is 19.9. The van der Waals surface area contributed by atoms with Gasteiger partial charge in [-0.25, -0.2) is 4.79 Å². The topological polar surface area (TPSA) is 102 Å². The predicted octanol–water partition coefficient (Wildman–Crippen LogP) is 2.18. The Morgan fingerprint density at radius 3 is 2.62 bits per heavy atom. The third-order valence-corrected chi connectivity index (χ3v) is 4.15. The minimum absolute atomic E-state index is 0.107. The van der Waals surface area contributed by atoms with Crippen LogP contribution in [0.5, 0.6) is 0 Å². The lowest BCUT2D eigenvalue weighted by atomic mass is 10.2. The highest BCUT2D eigenvalue weighted by molar-refractivity contribution is 7.14. The van der Waals surface area contributed by atoms with E-state index < -0.39 is 10.9 Å². The summed E-state index contributed by atoms with van der Waals surface area (Å²) in [6.45, 7) is 3.36. The molecule has 0 saturated heterocycles. The molecule has 1 N–H and O–H groups in total. The quantitative estimate of drug-likeness (QED) is 0.689. The second-order valence-electron chi connectivity index (χ2n) is 4.56. The number of carboxylic acid groups (broad SMARTS) is 1. The molecule has 0 aliphatic rings. The van der Waals surface area contributed by atoms with E-state index in [0.29, 0.717) is 11.1 Å². The number of hydrogen-bond donors (Lipinski definition) is 1. The maximum absolute atomic E-state index is 11.9. The molecule has 8 heteroatoms. The number of hydrogen-bond acceptors (Lipinski definition) is 5. The van der Waals surface area contributed by atoms with E-state index >= 15 is 0 Å². The van der Waals surface area contributed by atoms with Gasteiger partial charge in [-0.3, -0.25) is 14.9 Å². The van der Waals surface area contributed by atoms with Gasteiger partial charge in [-0.05, 0) is 25.5 Å². The highest BCUT2D eigenvalue weighted by Crippen LogP contribution is 2.23. The number of carbonyl (C=O) groups is 1. The van der Waals surface area contributed by atoms with Crippen LogP contribution in [-0.2, 0) is 6.54 Å². The molecule has 0 aromatic carbocycles. The van der Waals surface area contributed by atoms with E-state index in [0.717, 1.165) is 16.2 Å². The largest absolute Gasteiger partial charge is 0.477 e. The molecular formula is C13H12N2O5S. The fourth-order valence-corrected chi connectivity index (χ4v) is 2.81. The Kier molecular flexibility index (Phi) is 3.90. The van der Waals surface area contributed by atoms with Gasteiger partial charge in [0, 0.05) is 16.5 Å². The van der Waals surface area contributed by atoms with Crippen LogP contribution in [0.4, 0.5) is 5.69 Å². The van der Waals surface area contributed by atoms with Crippen molar-refractivity contribution < 1.29 is 14.8 Å². The van der Waals surface area contributed by atoms with Crippen LogP contribution >= 0.6 is 11.3 Å². The van der Waals surface area contributed by atoms with Crippen molar-refractivity contribution in [1.82, 2.24) is 4.57 Å². The fraction of sp³-hybridized carbons (Fsp3) is 0.231. The number of aromatic carboxylic acids is 1. The number of nitrogens with zero attached hydrogens (tertiary/aromatic N) is 2. The Morgan fingerprint density at radius 1 is 1.43 bits per heavy atom. The lowest BCUT2D eigenvalue weighted by molar-refractivity contribution is -0.385. The van der Waals surface area contributed by atoms with Gasteiger partial charge in [-0.2, -0.15) is 0 Å². The standard InChI is InChI=1S/C13H12N2O5S/c1-7-3-12(16)14(6-10(7)15(19)20)5-9-4-11(13(17)18)21-8(9)2/h3-4,6H,5H2,1-2H3,(H,17,18). The summed E-state index contributed by atoms with van der Waals surface area (Å²) in [5.41, 5.74) is 0.466. The van der Waals surface area contributed by atoms with Crippen LogP contribution < -0.4 is 5.56 Å². The second-order valence-corrected chi connectivity index (χ2v) is 5.82. The molecule has 0 unspecified atom stereocenters. The van der Waals surface area contributed by atoms with Crippen molar-refractivity contribution in [1.29, 1.82) is 0 Å². The van der Waals surface area contributed by atoms with E-state index in [4.69, 9.17) is 5.11 Å². The zero-order valence-corrected chi connectivity index (χ0v) is 12.1. The molecule has 0 saturated carbocycles. The van der Waals surface area contributed by atoms with E-state index in [9.17, 15) is 19.7 Å². The predicted molar refractivity (Wildman–Crippen MR) is 77.2 cm³/mol. The SMILES string of the molecule is Cc1cc(=O)n(Cc2cc(C(=O)O)sc2C)cc1[N+](=O)[O-]. The first-order valence-electron chi connectivity index (χ1n) is 5.97. The van der Waals surface area contributed by atoms with Crippen LogP contribution in [0.3, 0.4) is 0 Å². The summed E-state index contributed by atoms with van der Waals surface area (Å²) >= 11 is 1.11. The third kappa shape index (κ3) is 3.00. The molecule has 2 rings (SSSR count). The van der Waals surface area contributed by atoms with E-state index in [2.05, 4.69) is 0 Å². The summed E-state index contributed by atoms with van der Waals surface area (Å²) in [4.78, 5) is 34.1. The zero-order chi connectivity index (χ0) is 15.7. The molecule has 0 spiro atoms. The van der Waals surface area contributed by atoms with E-state index in [-0.39, 0.29) is 22.7 Å². The third-order valence-electron chi connectivity index (χ3n) is 3.07. The smallest absolute Gasteiger partial charge is 0.345 e. The normalized spacial score (nSPS) is 10.6. The average Bonchev–Trinajstić information content (AvgIpc) is 2.74. The molecule has 0 radical (unpaired) electrons. The van der Waals surface area contributed by atoms with E-state index in [1.807, 2.05) is 0 Å². The summed E-state index contributed by atoms with van der Waals surface area (Å²) in [5.74, 6) is -1.03. The van der Waals surface area contributed by atoms with Gasteiger partial charge in [0.05, 0.1) is 17.7 Å². The monoisotopic (exact) mass is 308 g/mol. The molecule has 2 aromatic heterocycles. The molecule has 2 aromatic rings. The van der Waals surface area contributed by atoms with Gasteiger partial charge in [0.25, 0.3) is 11.2 Å².